The maximum Gasteiger partial charge on any atom is 0.416 e. The van der Waals surface area contributed by atoms with Crippen molar-refractivity contribution in [2.24, 2.45) is 5.14 Å². The molecule has 3 aromatic carbocycles. The topological polar surface area (TPSA) is 117 Å². The van der Waals surface area contributed by atoms with E-state index in [1.807, 2.05) is 11.0 Å². The normalized spacial score (nSPS) is 13.3. The number of nitrogens with zero attached hydrogens (tertiary/aromatic N) is 2. The fourth-order valence-corrected chi connectivity index (χ4v) is 5.55. The number of pyridine rings is 1. The van der Waals surface area contributed by atoms with E-state index in [9.17, 15) is 26.4 Å². The molecule has 4 aromatic rings. The molecule has 0 radical (unpaired) electrons. The zero-order chi connectivity index (χ0) is 30.8. The summed E-state index contributed by atoms with van der Waals surface area (Å²) < 4.78 is 63.8. The molecule has 1 aliphatic rings. The summed E-state index contributed by atoms with van der Waals surface area (Å²) >= 11 is 6.04. The highest BCUT2D eigenvalue weighted by atomic mass is 35.5. The van der Waals surface area contributed by atoms with Crippen LogP contribution in [0, 0.1) is 0 Å². The largest absolute Gasteiger partial charge is 0.416 e. The second-order valence-electron chi connectivity index (χ2n) is 10.0. The van der Waals surface area contributed by atoms with Gasteiger partial charge in [0.2, 0.25) is 10.0 Å². The average Bonchev–Trinajstić information content (AvgIpc) is 2.96. The Morgan fingerprint density at radius 1 is 1.02 bits per heavy atom. The highest BCUT2D eigenvalue weighted by molar-refractivity contribution is 7.89. The Morgan fingerprint density at radius 2 is 1.74 bits per heavy atom. The molecule has 4 N–H and O–H groups in total. The van der Waals surface area contributed by atoms with Crippen molar-refractivity contribution in [2.45, 2.75) is 24.0 Å². The number of carbonyl (C=O) groups is 1. The maximum atomic E-state index is 13.7. The summed E-state index contributed by atoms with van der Waals surface area (Å²) in [6, 6.07) is 18.5. The van der Waals surface area contributed by atoms with Gasteiger partial charge in [-0.25, -0.2) is 18.5 Å². The van der Waals surface area contributed by atoms with Crippen LogP contribution in [-0.2, 0) is 29.2 Å². The monoisotopic (exact) mass is 629 g/mol. The lowest BCUT2D eigenvalue weighted by molar-refractivity contribution is -0.138. The number of alkyl halides is 3. The van der Waals surface area contributed by atoms with Gasteiger partial charge in [0.25, 0.3) is 5.91 Å². The predicted octanol–water partition coefficient (Wildman–Crippen LogP) is 5.47. The Hall–Kier alpha value is -4.13. The second kappa shape index (κ2) is 12.2. The molecular weight excluding hydrogens is 603 g/mol. The third-order valence-corrected chi connectivity index (χ3v) is 8.21. The van der Waals surface area contributed by atoms with Gasteiger partial charge in [0.05, 0.1) is 16.1 Å². The van der Waals surface area contributed by atoms with Crippen LogP contribution in [-0.4, -0.2) is 38.9 Å². The standard InChI is InChI=1S/C30H27ClF3N5O3S/c31-24-7-10-26(30(32,33)34)23(15-24)18-39-14-13-36-28-27(39)16-22(17-38-28)20-3-5-21(6-4-20)29(40)37-12-11-19-1-8-25(9-2-19)43(35,41)42/h1-10,15-17H,11-14,18H2,(H,36,38)(H,37,40)(H2,35,41,42). The Kier molecular flexibility index (Phi) is 8.63. The summed E-state index contributed by atoms with van der Waals surface area (Å²) in [5.74, 6) is 0.300. The number of amides is 1. The Labute approximate surface area is 251 Å². The van der Waals surface area contributed by atoms with Gasteiger partial charge in [-0.15, -0.1) is 0 Å². The first-order valence-electron chi connectivity index (χ1n) is 13.2. The fraction of sp³-hybridized carbons (Fsp3) is 0.200. The van der Waals surface area contributed by atoms with E-state index >= 15 is 0 Å². The molecule has 0 bridgehead atoms. The SMILES string of the molecule is NS(=O)(=O)c1ccc(CCNC(=O)c2ccc(-c3cnc4c(c3)N(Cc3cc(Cl)ccc3C(F)(F)F)CCN4)cc2)cc1. The third kappa shape index (κ3) is 7.27. The van der Waals surface area contributed by atoms with Crippen LogP contribution in [0.15, 0.2) is 83.9 Å². The molecule has 0 atom stereocenters. The van der Waals surface area contributed by atoms with Crippen LogP contribution in [0.4, 0.5) is 24.7 Å². The zero-order valence-corrected chi connectivity index (χ0v) is 24.2. The minimum Gasteiger partial charge on any atom is -0.367 e. The van der Waals surface area contributed by atoms with Gasteiger partial charge in [0.1, 0.15) is 5.82 Å². The van der Waals surface area contributed by atoms with Gasteiger partial charge in [0.15, 0.2) is 0 Å². The number of benzene rings is 3. The average molecular weight is 630 g/mol. The van der Waals surface area contributed by atoms with E-state index < -0.39 is 21.8 Å². The van der Waals surface area contributed by atoms with Crippen LogP contribution in [0.5, 0.6) is 0 Å². The van der Waals surface area contributed by atoms with Gasteiger partial charge < -0.3 is 15.5 Å². The number of carbonyl (C=O) groups excluding carboxylic acids is 1. The number of anilines is 2. The number of fused-ring (bicyclic) bond motifs is 1. The van der Waals surface area contributed by atoms with Crippen molar-refractivity contribution in [3.63, 3.8) is 0 Å². The maximum absolute atomic E-state index is 13.7. The van der Waals surface area contributed by atoms with Gasteiger partial charge in [-0.05, 0) is 71.6 Å². The van der Waals surface area contributed by atoms with Gasteiger partial charge in [-0.1, -0.05) is 35.9 Å². The summed E-state index contributed by atoms with van der Waals surface area (Å²) in [6.45, 7) is 1.34. The van der Waals surface area contributed by atoms with Gasteiger partial charge in [-0.2, -0.15) is 13.2 Å². The lowest BCUT2D eigenvalue weighted by Crippen LogP contribution is -2.34. The summed E-state index contributed by atoms with van der Waals surface area (Å²) in [6.07, 6.45) is -2.34. The molecule has 13 heteroatoms. The molecule has 0 saturated carbocycles. The first kappa shape index (κ1) is 30.3. The summed E-state index contributed by atoms with van der Waals surface area (Å²) in [5, 5.41) is 11.4. The molecule has 2 heterocycles. The van der Waals surface area contributed by atoms with Crippen LogP contribution in [0.2, 0.25) is 5.02 Å². The molecule has 0 fully saturated rings. The number of sulfonamides is 1. The number of aromatic nitrogens is 1. The molecule has 0 saturated heterocycles. The minimum absolute atomic E-state index is 0.00455. The van der Waals surface area contributed by atoms with Crippen LogP contribution in [0.1, 0.15) is 27.0 Å². The summed E-state index contributed by atoms with van der Waals surface area (Å²) in [7, 11) is -3.76. The van der Waals surface area contributed by atoms with E-state index in [4.69, 9.17) is 16.7 Å². The van der Waals surface area contributed by atoms with Crippen molar-refractivity contribution in [3.05, 3.63) is 106 Å². The van der Waals surface area contributed by atoms with Crippen molar-refractivity contribution in [1.29, 1.82) is 0 Å². The molecule has 0 unspecified atom stereocenters. The number of halogens is 4. The molecule has 43 heavy (non-hydrogen) atoms. The van der Waals surface area contributed by atoms with E-state index in [1.54, 1.807) is 42.6 Å². The molecule has 1 aliphatic heterocycles. The smallest absolute Gasteiger partial charge is 0.367 e. The highest BCUT2D eigenvalue weighted by Gasteiger charge is 2.34. The quantitative estimate of drug-likeness (QED) is 0.238. The van der Waals surface area contributed by atoms with Crippen molar-refractivity contribution in [1.82, 2.24) is 10.3 Å². The molecule has 224 valence electrons. The molecule has 1 aromatic heterocycles. The first-order chi connectivity index (χ1) is 20.4. The Morgan fingerprint density at radius 3 is 2.42 bits per heavy atom. The minimum atomic E-state index is -4.51. The van der Waals surface area contributed by atoms with E-state index in [1.165, 1.54) is 24.3 Å². The van der Waals surface area contributed by atoms with Crippen molar-refractivity contribution in [3.8, 4) is 11.1 Å². The van der Waals surface area contributed by atoms with Crippen LogP contribution >= 0.6 is 11.6 Å². The predicted molar refractivity (Wildman–Crippen MR) is 160 cm³/mol. The lowest BCUT2D eigenvalue weighted by Gasteiger charge is -2.32. The van der Waals surface area contributed by atoms with Crippen molar-refractivity contribution in [2.75, 3.05) is 29.9 Å². The lowest BCUT2D eigenvalue weighted by atomic mass is 10.0. The van der Waals surface area contributed by atoms with Crippen molar-refractivity contribution < 1.29 is 26.4 Å². The molecule has 5 rings (SSSR count). The van der Waals surface area contributed by atoms with E-state index in [0.29, 0.717) is 43.1 Å². The van der Waals surface area contributed by atoms with Crippen LogP contribution in [0.25, 0.3) is 11.1 Å². The number of rotatable bonds is 8. The first-order valence-corrected chi connectivity index (χ1v) is 15.2. The molecule has 0 aliphatic carbocycles. The van der Waals surface area contributed by atoms with Crippen LogP contribution in [0.3, 0.4) is 0 Å². The van der Waals surface area contributed by atoms with E-state index in [0.717, 1.165) is 22.8 Å². The zero-order valence-electron chi connectivity index (χ0n) is 22.7. The number of hydrogen-bond donors (Lipinski definition) is 3. The number of primary sulfonamides is 1. The van der Waals surface area contributed by atoms with Crippen molar-refractivity contribution >= 4 is 39.0 Å². The van der Waals surface area contributed by atoms with Gasteiger partial charge in [0, 0.05) is 48.5 Å². The Balaban J connectivity index is 1.26. The molecule has 0 spiro atoms. The number of hydrogen-bond acceptors (Lipinski definition) is 6. The van der Waals surface area contributed by atoms with Gasteiger partial charge in [-0.3, -0.25) is 4.79 Å². The molecule has 8 nitrogen and oxygen atoms in total. The molecular formula is C30H27ClF3N5O3S. The number of nitrogens with two attached hydrogens (primary N) is 1. The molecule has 1 amide bonds. The Bertz CT molecular complexity index is 1750. The number of nitrogens with one attached hydrogen (secondary N) is 2. The van der Waals surface area contributed by atoms with Crippen LogP contribution < -0.4 is 20.7 Å². The van der Waals surface area contributed by atoms with E-state index in [-0.39, 0.29) is 27.9 Å². The summed E-state index contributed by atoms with van der Waals surface area (Å²) in [5.41, 5.74) is 2.83. The van der Waals surface area contributed by atoms with Gasteiger partial charge >= 0.3 is 6.18 Å². The fourth-order valence-electron chi connectivity index (χ4n) is 4.84. The van der Waals surface area contributed by atoms with E-state index in [2.05, 4.69) is 15.6 Å². The second-order valence-corrected chi connectivity index (χ2v) is 12.0. The highest BCUT2D eigenvalue weighted by Crippen LogP contribution is 2.37. The summed E-state index contributed by atoms with van der Waals surface area (Å²) in [4.78, 5) is 19.0. The third-order valence-electron chi connectivity index (χ3n) is 7.05.